The van der Waals surface area contributed by atoms with E-state index in [-0.39, 0.29) is 41.3 Å². The summed E-state index contributed by atoms with van der Waals surface area (Å²) < 4.78 is 41.7. The molecule has 208 valence electrons. The molecule has 3 amide bonds. The maximum absolute atomic E-state index is 14.0. The number of benzene rings is 3. The molecule has 1 aliphatic heterocycles. The van der Waals surface area contributed by atoms with Gasteiger partial charge in [0.25, 0.3) is 11.8 Å². The predicted octanol–water partition coefficient (Wildman–Crippen LogP) is 5.06. The summed E-state index contributed by atoms with van der Waals surface area (Å²) in [5, 5.41) is 14.6. The van der Waals surface area contributed by atoms with E-state index in [2.05, 4.69) is 10.6 Å². The highest BCUT2D eigenvalue weighted by atomic mass is 19.1. The lowest BCUT2D eigenvalue weighted by Crippen LogP contribution is -2.41. The molecule has 0 fully saturated rings. The molecule has 40 heavy (non-hydrogen) atoms. The molecule has 8 nitrogen and oxygen atoms in total. The molecule has 4 rings (SSSR count). The van der Waals surface area contributed by atoms with Crippen LogP contribution in [0.5, 0.6) is 0 Å². The van der Waals surface area contributed by atoms with Crippen molar-refractivity contribution in [2.24, 2.45) is 5.92 Å². The van der Waals surface area contributed by atoms with E-state index in [1.54, 1.807) is 0 Å². The van der Waals surface area contributed by atoms with Gasteiger partial charge < -0.3 is 15.7 Å². The minimum absolute atomic E-state index is 0.0108. The molecular formula is C29H26F3N3O5. The van der Waals surface area contributed by atoms with Gasteiger partial charge in [0.15, 0.2) is 0 Å². The van der Waals surface area contributed by atoms with Gasteiger partial charge in [0.05, 0.1) is 23.8 Å². The second-order valence-corrected chi connectivity index (χ2v) is 9.88. The number of aliphatic carboxylic acids is 1. The Bertz CT molecular complexity index is 1460. The van der Waals surface area contributed by atoms with Crippen LogP contribution < -0.4 is 15.5 Å². The van der Waals surface area contributed by atoms with Crippen molar-refractivity contribution in [1.29, 1.82) is 0 Å². The fraction of sp³-hybridized carbons (Fsp3) is 0.241. The molecule has 2 unspecified atom stereocenters. The molecule has 0 spiro atoms. The Labute approximate surface area is 227 Å². The quantitative estimate of drug-likeness (QED) is 0.378. The molecule has 3 N–H and O–H groups in total. The molecule has 3 aromatic rings. The number of fused-ring (bicyclic) bond motifs is 1. The highest BCUT2D eigenvalue weighted by Gasteiger charge is 2.35. The standard InChI is InChI=1S/C29H26F3N3O5/c1-15(2)9-23(29(39)40)34-27(37)17-5-8-24-22(12-17)33-26(36)14-25(16-3-6-19(30)7-4-16)35(24)28(38)18-10-20(31)13-21(32)11-18/h3-8,10-13,15,23,25H,9,14H2,1-2H3,(H,33,36)(H,34,37)(H,39,40). The van der Waals surface area contributed by atoms with E-state index in [4.69, 9.17) is 0 Å². The predicted molar refractivity (Wildman–Crippen MR) is 140 cm³/mol. The van der Waals surface area contributed by atoms with Gasteiger partial charge in [0.2, 0.25) is 5.91 Å². The summed E-state index contributed by atoms with van der Waals surface area (Å²) in [7, 11) is 0. The lowest BCUT2D eigenvalue weighted by Gasteiger charge is -2.31. The topological polar surface area (TPSA) is 116 Å². The van der Waals surface area contributed by atoms with Crippen molar-refractivity contribution in [2.45, 2.75) is 38.8 Å². The van der Waals surface area contributed by atoms with E-state index >= 15 is 0 Å². The van der Waals surface area contributed by atoms with Crippen LogP contribution in [0.3, 0.4) is 0 Å². The number of nitrogens with one attached hydrogen (secondary N) is 2. The Balaban J connectivity index is 1.80. The second kappa shape index (κ2) is 11.6. The Kier molecular flexibility index (Phi) is 8.22. The number of nitrogens with zero attached hydrogens (tertiary/aromatic N) is 1. The van der Waals surface area contributed by atoms with Gasteiger partial charge in [-0.05, 0) is 60.4 Å². The first-order valence-electron chi connectivity index (χ1n) is 12.5. The zero-order chi connectivity index (χ0) is 29.1. The zero-order valence-corrected chi connectivity index (χ0v) is 21.6. The van der Waals surface area contributed by atoms with Crippen molar-refractivity contribution in [2.75, 3.05) is 10.2 Å². The van der Waals surface area contributed by atoms with E-state index in [1.807, 2.05) is 13.8 Å². The largest absolute Gasteiger partial charge is 0.480 e. The third kappa shape index (κ3) is 6.31. The lowest BCUT2D eigenvalue weighted by molar-refractivity contribution is -0.139. The first-order valence-corrected chi connectivity index (χ1v) is 12.5. The Morgan fingerprint density at radius 3 is 2.20 bits per heavy atom. The van der Waals surface area contributed by atoms with Crippen LogP contribution in [-0.4, -0.2) is 34.8 Å². The number of carbonyl (C=O) groups is 4. The zero-order valence-electron chi connectivity index (χ0n) is 21.6. The smallest absolute Gasteiger partial charge is 0.326 e. The third-order valence-electron chi connectivity index (χ3n) is 6.38. The number of carboxylic acid groups (broad SMARTS) is 1. The molecule has 0 saturated carbocycles. The monoisotopic (exact) mass is 553 g/mol. The van der Waals surface area contributed by atoms with Crippen molar-refractivity contribution < 1.29 is 37.5 Å². The van der Waals surface area contributed by atoms with Gasteiger partial charge in [0.1, 0.15) is 23.5 Å². The number of amides is 3. The van der Waals surface area contributed by atoms with Crippen LogP contribution in [0.25, 0.3) is 0 Å². The fourth-order valence-electron chi connectivity index (χ4n) is 4.58. The average molecular weight is 554 g/mol. The van der Waals surface area contributed by atoms with Crippen LogP contribution in [0.2, 0.25) is 0 Å². The summed E-state index contributed by atoms with van der Waals surface area (Å²) in [5.74, 6) is -5.81. The van der Waals surface area contributed by atoms with Gasteiger partial charge in [-0.15, -0.1) is 0 Å². The average Bonchev–Trinajstić information content (AvgIpc) is 3.02. The molecular weight excluding hydrogens is 527 g/mol. The molecule has 2 atom stereocenters. The summed E-state index contributed by atoms with van der Waals surface area (Å²) >= 11 is 0. The molecule has 0 aromatic heterocycles. The Morgan fingerprint density at radius 1 is 0.950 bits per heavy atom. The Hall–Kier alpha value is -4.67. The molecule has 1 aliphatic rings. The van der Waals surface area contributed by atoms with E-state index in [1.165, 1.54) is 30.3 Å². The number of rotatable bonds is 7. The molecule has 1 heterocycles. The highest BCUT2D eigenvalue weighted by Crippen LogP contribution is 2.40. The normalized spacial score (nSPS) is 15.6. The third-order valence-corrected chi connectivity index (χ3v) is 6.38. The summed E-state index contributed by atoms with van der Waals surface area (Å²) in [6.45, 7) is 3.63. The minimum atomic E-state index is -1.20. The number of carboxylic acids is 1. The SMILES string of the molecule is CC(C)CC(NC(=O)c1ccc2c(c1)NC(=O)CC(c1ccc(F)cc1)N2C(=O)c1cc(F)cc(F)c1)C(=O)O. The van der Waals surface area contributed by atoms with Crippen molar-refractivity contribution in [1.82, 2.24) is 5.32 Å². The number of hydrogen-bond acceptors (Lipinski definition) is 4. The Morgan fingerprint density at radius 2 is 1.60 bits per heavy atom. The summed E-state index contributed by atoms with van der Waals surface area (Å²) in [6, 6.07) is 9.30. The number of halogens is 3. The van der Waals surface area contributed by atoms with Gasteiger partial charge in [-0.3, -0.25) is 19.3 Å². The van der Waals surface area contributed by atoms with Crippen LogP contribution in [0.1, 0.15) is 59.0 Å². The van der Waals surface area contributed by atoms with Crippen molar-refractivity contribution in [3.8, 4) is 0 Å². The van der Waals surface area contributed by atoms with Crippen molar-refractivity contribution in [3.63, 3.8) is 0 Å². The molecule has 0 aliphatic carbocycles. The fourth-order valence-corrected chi connectivity index (χ4v) is 4.58. The van der Waals surface area contributed by atoms with Crippen LogP contribution in [0.4, 0.5) is 24.5 Å². The first-order chi connectivity index (χ1) is 18.9. The molecule has 11 heteroatoms. The van der Waals surface area contributed by atoms with E-state index in [0.717, 1.165) is 29.2 Å². The van der Waals surface area contributed by atoms with E-state index in [0.29, 0.717) is 11.6 Å². The highest BCUT2D eigenvalue weighted by molar-refractivity contribution is 6.12. The van der Waals surface area contributed by atoms with Crippen LogP contribution in [0.15, 0.2) is 60.7 Å². The summed E-state index contributed by atoms with van der Waals surface area (Å²) in [6.07, 6.45) is -0.102. The van der Waals surface area contributed by atoms with Crippen molar-refractivity contribution >= 4 is 35.1 Å². The van der Waals surface area contributed by atoms with E-state index < -0.39 is 53.2 Å². The van der Waals surface area contributed by atoms with Crippen LogP contribution >= 0.6 is 0 Å². The summed E-state index contributed by atoms with van der Waals surface area (Å²) in [5.41, 5.74) is 0.226. The molecule has 0 radical (unpaired) electrons. The molecule has 3 aromatic carbocycles. The van der Waals surface area contributed by atoms with Gasteiger partial charge in [-0.2, -0.15) is 0 Å². The van der Waals surface area contributed by atoms with Crippen LogP contribution in [-0.2, 0) is 9.59 Å². The van der Waals surface area contributed by atoms with Crippen LogP contribution in [0, 0.1) is 23.4 Å². The van der Waals surface area contributed by atoms with E-state index in [9.17, 15) is 37.5 Å². The maximum atomic E-state index is 14.0. The number of carbonyl (C=O) groups excluding carboxylic acids is 3. The minimum Gasteiger partial charge on any atom is -0.480 e. The number of hydrogen-bond donors (Lipinski definition) is 3. The maximum Gasteiger partial charge on any atom is 0.326 e. The van der Waals surface area contributed by atoms with Gasteiger partial charge in [0, 0.05) is 17.2 Å². The van der Waals surface area contributed by atoms with Gasteiger partial charge in [-0.25, -0.2) is 18.0 Å². The van der Waals surface area contributed by atoms with Gasteiger partial charge >= 0.3 is 5.97 Å². The summed E-state index contributed by atoms with van der Waals surface area (Å²) in [4.78, 5) is 52.4. The van der Waals surface area contributed by atoms with Crippen molar-refractivity contribution in [3.05, 3.63) is 94.8 Å². The molecule has 0 bridgehead atoms. The first kappa shape index (κ1) is 28.3. The second-order valence-electron chi connectivity index (χ2n) is 9.88. The lowest BCUT2D eigenvalue weighted by atomic mass is 9.99. The van der Waals surface area contributed by atoms with Gasteiger partial charge in [-0.1, -0.05) is 26.0 Å². The molecule has 0 saturated heterocycles. The number of anilines is 2.